The van der Waals surface area contributed by atoms with Gasteiger partial charge in [-0.05, 0) is 24.3 Å². The van der Waals surface area contributed by atoms with Gasteiger partial charge in [0.1, 0.15) is 0 Å². The average molecular weight is 289 g/mol. The van der Waals surface area contributed by atoms with Gasteiger partial charge in [0, 0.05) is 24.9 Å². The minimum absolute atomic E-state index is 0.0466. The van der Waals surface area contributed by atoms with Gasteiger partial charge in [-0.1, -0.05) is 25.3 Å². The Balaban J connectivity index is 1.70. The summed E-state index contributed by atoms with van der Waals surface area (Å²) in [7, 11) is 1.62. The zero-order valence-corrected chi connectivity index (χ0v) is 12.5. The minimum atomic E-state index is 0.0466. The van der Waals surface area contributed by atoms with E-state index in [2.05, 4.69) is 4.98 Å². The number of hydroxylamine groups is 2. The highest BCUT2D eigenvalue weighted by Gasteiger charge is 2.30. The molecular formula is C16H23N3O2. The molecule has 1 atom stereocenters. The first kappa shape index (κ1) is 14.2. The van der Waals surface area contributed by atoms with Crippen LogP contribution >= 0.6 is 0 Å². The molecule has 1 aromatic heterocycles. The van der Waals surface area contributed by atoms with Gasteiger partial charge in [-0.2, -0.15) is 0 Å². The molecule has 1 aliphatic carbocycles. The monoisotopic (exact) mass is 289 g/mol. The maximum Gasteiger partial charge on any atom is 0.212 e. The third-order valence-electron chi connectivity index (χ3n) is 4.33. The van der Waals surface area contributed by atoms with Gasteiger partial charge in [0.2, 0.25) is 11.8 Å². The first-order valence-electron chi connectivity index (χ1n) is 7.68. The largest absolute Gasteiger partial charge is 0.481 e. The van der Waals surface area contributed by atoms with Gasteiger partial charge < -0.3 is 15.3 Å². The van der Waals surface area contributed by atoms with Crippen LogP contribution in [0.4, 0.5) is 0 Å². The van der Waals surface area contributed by atoms with Gasteiger partial charge in [0.15, 0.2) is 0 Å². The molecule has 0 amide bonds. The average Bonchev–Trinajstić information content (AvgIpc) is 2.89. The first-order chi connectivity index (χ1) is 10.3. The second-order valence-corrected chi connectivity index (χ2v) is 5.84. The van der Waals surface area contributed by atoms with Crippen LogP contribution in [0.2, 0.25) is 0 Å². The molecule has 1 aliphatic heterocycles. The molecule has 0 bridgehead atoms. The highest BCUT2D eigenvalue weighted by molar-refractivity contribution is 5.25. The Kier molecular flexibility index (Phi) is 4.29. The van der Waals surface area contributed by atoms with E-state index in [-0.39, 0.29) is 6.04 Å². The summed E-state index contributed by atoms with van der Waals surface area (Å²) in [5, 5.41) is 1.99. The van der Waals surface area contributed by atoms with Crippen molar-refractivity contribution in [3.63, 3.8) is 0 Å². The standard InChI is InChI=1S/C16H23N3O2/c1-20-16-8-7-13(10-18-16)14-9-15(17)21-19(14)11-12-5-3-2-4-6-12/h7-10,12,14H,2-6,11,17H2,1H3. The van der Waals surface area contributed by atoms with E-state index in [0.717, 1.165) is 12.1 Å². The van der Waals surface area contributed by atoms with Gasteiger partial charge in [0.25, 0.3) is 0 Å². The fraction of sp³-hybridized carbons (Fsp3) is 0.562. The van der Waals surface area contributed by atoms with Gasteiger partial charge in [-0.15, -0.1) is 5.06 Å². The van der Waals surface area contributed by atoms with Gasteiger partial charge in [-0.3, -0.25) is 0 Å². The predicted molar refractivity (Wildman–Crippen MR) is 80.2 cm³/mol. The predicted octanol–water partition coefficient (Wildman–Crippen LogP) is 2.76. The molecule has 1 fully saturated rings. The fourth-order valence-corrected chi connectivity index (χ4v) is 3.19. The number of rotatable bonds is 4. The van der Waals surface area contributed by atoms with Crippen LogP contribution in [0, 0.1) is 5.92 Å². The van der Waals surface area contributed by atoms with Crippen LogP contribution in [0.3, 0.4) is 0 Å². The number of aromatic nitrogens is 1. The summed E-state index contributed by atoms with van der Waals surface area (Å²) in [5.41, 5.74) is 6.94. The molecule has 21 heavy (non-hydrogen) atoms. The SMILES string of the molecule is COc1ccc(C2C=C(N)ON2CC2CCCCC2)cn1. The number of ether oxygens (including phenoxy) is 1. The topological polar surface area (TPSA) is 60.6 Å². The quantitative estimate of drug-likeness (QED) is 0.923. The molecule has 2 aliphatic rings. The number of methoxy groups -OCH3 is 1. The van der Waals surface area contributed by atoms with E-state index in [0.29, 0.717) is 17.7 Å². The van der Waals surface area contributed by atoms with Crippen molar-refractivity contribution in [2.45, 2.75) is 38.1 Å². The number of pyridine rings is 1. The van der Waals surface area contributed by atoms with Crippen molar-refractivity contribution >= 4 is 0 Å². The Morgan fingerprint density at radius 1 is 1.33 bits per heavy atom. The maximum absolute atomic E-state index is 5.87. The summed E-state index contributed by atoms with van der Waals surface area (Å²) in [6, 6.07) is 3.93. The molecular weight excluding hydrogens is 266 g/mol. The van der Waals surface area contributed by atoms with Gasteiger partial charge in [-0.25, -0.2) is 4.98 Å². The molecule has 0 spiro atoms. The van der Waals surface area contributed by atoms with Crippen molar-refractivity contribution in [3.05, 3.63) is 35.9 Å². The zero-order valence-electron chi connectivity index (χ0n) is 12.5. The van der Waals surface area contributed by atoms with E-state index >= 15 is 0 Å². The number of nitrogens with two attached hydrogens (primary N) is 1. The summed E-state index contributed by atoms with van der Waals surface area (Å²) in [5.74, 6) is 1.80. The highest BCUT2D eigenvalue weighted by atomic mass is 16.7. The van der Waals surface area contributed by atoms with Crippen molar-refractivity contribution in [1.29, 1.82) is 0 Å². The van der Waals surface area contributed by atoms with E-state index < -0.39 is 0 Å². The summed E-state index contributed by atoms with van der Waals surface area (Å²) >= 11 is 0. The van der Waals surface area contributed by atoms with Gasteiger partial charge in [0.05, 0.1) is 13.2 Å². The lowest BCUT2D eigenvalue weighted by molar-refractivity contribution is -0.131. The van der Waals surface area contributed by atoms with Gasteiger partial charge >= 0.3 is 0 Å². The Hall–Kier alpha value is -1.75. The van der Waals surface area contributed by atoms with Crippen molar-refractivity contribution in [3.8, 4) is 5.88 Å². The lowest BCUT2D eigenvalue weighted by Gasteiger charge is -2.29. The molecule has 0 saturated heterocycles. The Bertz CT molecular complexity index is 495. The van der Waals surface area contributed by atoms with E-state index in [1.807, 2.05) is 29.5 Å². The second-order valence-electron chi connectivity index (χ2n) is 5.84. The Morgan fingerprint density at radius 3 is 2.81 bits per heavy atom. The van der Waals surface area contributed by atoms with E-state index in [1.165, 1.54) is 32.1 Å². The molecule has 0 aromatic carbocycles. The fourth-order valence-electron chi connectivity index (χ4n) is 3.19. The molecule has 3 rings (SSSR count). The van der Waals surface area contributed by atoms with Crippen LogP contribution in [0.15, 0.2) is 30.3 Å². The molecule has 114 valence electrons. The number of nitrogens with zero attached hydrogens (tertiary/aromatic N) is 2. The molecule has 2 N–H and O–H groups in total. The smallest absolute Gasteiger partial charge is 0.212 e. The zero-order chi connectivity index (χ0) is 14.7. The highest BCUT2D eigenvalue weighted by Crippen LogP contribution is 2.33. The van der Waals surface area contributed by atoms with E-state index in [9.17, 15) is 0 Å². The summed E-state index contributed by atoms with van der Waals surface area (Å²) < 4.78 is 5.11. The maximum atomic E-state index is 5.87. The molecule has 1 unspecified atom stereocenters. The van der Waals surface area contributed by atoms with Crippen LogP contribution < -0.4 is 10.5 Å². The molecule has 5 heteroatoms. The van der Waals surface area contributed by atoms with Crippen molar-refractivity contribution in [2.24, 2.45) is 11.7 Å². The van der Waals surface area contributed by atoms with Crippen LogP contribution in [-0.4, -0.2) is 23.7 Å². The molecule has 2 heterocycles. The van der Waals surface area contributed by atoms with Crippen LogP contribution in [0.1, 0.15) is 43.7 Å². The Labute approximate surface area is 125 Å². The molecule has 1 saturated carbocycles. The van der Waals surface area contributed by atoms with E-state index in [4.69, 9.17) is 15.3 Å². The van der Waals surface area contributed by atoms with Crippen molar-refractivity contribution < 1.29 is 9.57 Å². The Morgan fingerprint density at radius 2 is 2.14 bits per heavy atom. The molecule has 5 nitrogen and oxygen atoms in total. The number of hydrogen-bond acceptors (Lipinski definition) is 5. The summed E-state index contributed by atoms with van der Waals surface area (Å²) in [4.78, 5) is 9.97. The third kappa shape index (κ3) is 3.29. The first-order valence-corrected chi connectivity index (χ1v) is 7.68. The second kappa shape index (κ2) is 6.35. The van der Waals surface area contributed by atoms with Crippen LogP contribution in [0.25, 0.3) is 0 Å². The normalized spacial score (nSPS) is 23.7. The van der Waals surface area contributed by atoms with Crippen molar-refractivity contribution in [1.82, 2.24) is 10.0 Å². The van der Waals surface area contributed by atoms with Crippen LogP contribution in [0.5, 0.6) is 5.88 Å². The summed E-state index contributed by atoms with van der Waals surface area (Å²) in [6.07, 6.45) is 10.4. The number of hydrogen-bond donors (Lipinski definition) is 1. The minimum Gasteiger partial charge on any atom is -0.481 e. The third-order valence-corrected chi connectivity index (χ3v) is 4.33. The lowest BCUT2D eigenvalue weighted by Crippen LogP contribution is -2.30. The van der Waals surface area contributed by atoms with Crippen molar-refractivity contribution in [2.75, 3.05) is 13.7 Å². The molecule has 0 radical (unpaired) electrons. The lowest BCUT2D eigenvalue weighted by atomic mass is 9.89. The summed E-state index contributed by atoms with van der Waals surface area (Å²) in [6.45, 7) is 0.924. The van der Waals surface area contributed by atoms with Crippen LogP contribution in [-0.2, 0) is 4.84 Å². The van der Waals surface area contributed by atoms with E-state index in [1.54, 1.807) is 7.11 Å². The molecule has 1 aromatic rings.